The number of ether oxygens (including phenoxy) is 3. The summed E-state index contributed by atoms with van der Waals surface area (Å²) in [4.78, 5) is 11.0. The van der Waals surface area contributed by atoms with Crippen molar-refractivity contribution in [2.75, 3.05) is 44.0 Å². The highest BCUT2D eigenvalue weighted by molar-refractivity contribution is 7.92. The fourth-order valence-electron chi connectivity index (χ4n) is 2.01. The maximum absolute atomic E-state index is 12.0. The summed E-state index contributed by atoms with van der Waals surface area (Å²) in [5.74, 6) is 1.08. The molecule has 0 unspecified atom stereocenters. The van der Waals surface area contributed by atoms with Crippen LogP contribution in [0.1, 0.15) is 0 Å². The third kappa shape index (κ3) is 3.94. The van der Waals surface area contributed by atoms with Crippen LogP contribution >= 0.6 is 0 Å². The highest BCUT2D eigenvalue weighted by atomic mass is 32.2. The fraction of sp³-hybridized carbons (Fsp3) is 0.462. The Morgan fingerprint density at radius 2 is 2.00 bits per heavy atom. The number of methoxy groups -OCH3 is 1. The third-order valence-corrected chi connectivity index (χ3v) is 4.18. The number of amides is 1. The van der Waals surface area contributed by atoms with Crippen LogP contribution in [0, 0.1) is 0 Å². The Morgan fingerprint density at radius 1 is 1.32 bits per heavy atom. The van der Waals surface area contributed by atoms with Crippen LogP contribution in [0.25, 0.3) is 0 Å². The van der Waals surface area contributed by atoms with E-state index in [2.05, 4.69) is 10.1 Å². The van der Waals surface area contributed by atoms with Gasteiger partial charge in [-0.2, -0.15) is 0 Å². The maximum Gasteiger partial charge on any atom is 0.406 e. The van der Waals surface area contributed by atoms with Crippen molar-refractivity contribution >= 4 is 21.8 Å². The Bertz CT molecular complexity index is 646. The number of nitrogens with one attached hydrogen (secondary N) is 1. The monoisotopic (exact) mass is 330 g/mol. The van der Waals surface area contributed by atoms with Gasteiger partial charge < -0.3 is 19.5 Å². The minimum atomic E-state index is -3.50. The van der Waals surface area contributed by atoms with Crippen LogP contribution in [0.15, 0.2) is 18.2 Å². The number of sulfonamides is 1. The summed E-state index contributed by atoms with van der Waals surface area (Å²) in [5, 5.41) is 2.44. The molecule has 0 aliphatic carbocycles. The molecule has 1 amide bonds. The molecule has 8 nitrogen and oxygen atoms in total. The smallest absolute Gasteiger partial charge is 0.406 e. The molecule has 1 aromatic carbocycles. The molecular formula is C13H18N2O6S. The standard InChI is InChI=1S/C13H18N2O6S/c1-19-13(16)14-5-6-15(22(2,17)18)10-3-4-11-12(9-10)21-8-7-20-11/h3-4,9H,5-8H2,1-2H3,(H,14,16). The van der Waals surface area contributed by atoms with E-state index < -0.39 is 16.1 Å². The molecule has 2 rings (SSSR count). The molecule has 0 spiro atoms. The quantitative estimate of drug-likeness (QED) is 0.849. The highest BCUT2D eigenvalue weighted by Gasteiger charge is 2.20. The van der Waals surface area contributed by atoms with Crippen LogP contribution in [0.2, 0.25) is 0 Å². The lowest BCUT2D eigenvalue weighted by Gasteiger charge is -2.25. The molecular weight excluding hydrogens is 312 g/mol. The molecule has 0 fully saturated rings. The van der Waals surface area contributed by atoms with Gasteiger partial charge in [-0.1, -0.05) is 0 Å². The Morgan fingerprint density at radius 3 is 2.64 bits per heavy atom. The summed E-state index contributed by atoms with van der Waals surface area (Å²) in [6, 6.07) is 4.90. The van der Waals surface area contributed by atoms with Crippen molar-refractivity contribution < 1.29 is 27.4 Å². The van der Waals surface area contributed by atoms with E-state index in [1.54, 1.807) is 18.2 Å². The summed E-state index contributed by atoms with van der Waals surface area (Å²) in [6.45, 7) is 1.08. The second-order valence-corrected chi connectivity index (χ2v) is 6.49. The lowest BCUT2D eigenvalue weighted by molar-refractivity contribution is 0.171. The summed E-state index contributed by atoms with van der Waals surface area (Å²) in [6.07, 6.45) is 0.484. The van der Waals surface area contributed by atoms with E-state index >= 15 is 0 Å². The Hall–Kier alpha value is -2.16. The number of carbonyl (C=O) groups excluding carboxylic acids is 1. The van der Waals surface area contributed by atoms with Crippen molar-refractivity contribution in [2.45, 2.75) is 0 Å². The third-order valence-electron chi connectivity index (χ3n) is 2.98. The highest BCUT2D eigenvalue weighted by Crippen LogP contribution is 2.34. The molecule has 1 heterocycles. The van der Waals surface area contributed by atoms with Crippen LogP contribution in [0.4, 0.5) is 10.5 Å². The summed E-state index contributed by atoms with van der Waals surface area (Å²) in [7, 11) is -2.26. The molecule has 0 radical (unpaired) electrons. The van der Waals surface area contributed by atoms with Crippen molar-refractivity contribution in [3.8, 4) is 11.5 Å². The van der Waals surface area contributed by atoms with E-state index in [1.807, 2.05) is 0 Å². The Labute approximate surface area is 129 Å². The summed E-state index contributed by atoms with van der Waals surface area (Å²) in [5.41, 5.74) is 0.443. The molecule has 1 aromatic rings. The van der Waals surface area contributed by atoms with Gasteiger partial charge >= 0.3 is 6.09 Å². The van der Waals surface area contributed by atoms with Gasteiger partial charge in [0, 0.05) is 12.6 Å². The largest absolute Gasteiger partial charge is 0.486 e. The van der Waals surface area contributed by atoms with E-state index in [1.165, 1.54) is 11.4 Å². The van der Waals surface area contributed by atoms with Gasteiger partial charge in [-0.05, 0) is 12.1 Å². The average Bonchev–Trinajstić information content (AvgIpc) is 2.49. The number of alkyl carbamates (subject to hydrolysis) is 1. The number of carbonyl (C=O) groups is 1. The summed E-state index contributed by atoms with van der Waals surface area (Å²) < 4.78 is 40.4. The van der Waals surface area contributed by atoms with Gasteiger partial charge in [0.05, 0.1) is 25.6 Å². The zero-order valence-corrected chi connectivity index (χ0v) is 13.2. The topological polar surface area (TPSA) is 94.2 Å². The number of fused-ring (bicyclic) bond motifs is 1. The van der Waals surface area contributed by atoms with Crippen LogP contribution in [0.3, 0.4) is 0 Å². The average molecular weight is 330 g/mol. The van der Waals surface area contributed by atoms with Crippen LogP contribution < -0.4 is 19.1 Å². The molecule has 1 aliphatic heterocycles. The van der Waals surface area contributed by atoms with Gasteiger partial charge in [0.2, 0.25) is 10.0 Å². The van der Waals surface area contributed by atoms with Gasteiger partial charge in [0.25, 0.3) is 0 Å². The van der Waals surface area contributed by atoms with Crippen molar-refractivity contribution in [2.24, 2.45) is 0 Å². The number of benzene rings is 1. The summed E-state index contributed by atoms with van der Waals surface area (Å²) >= 11 is 0. The molecule has 0 atom stereocenters. The first-order valence-electron chi connectivity index (χ1n) is 6.61. The molecule has 22 heavy (non-hydrogen) atoms. The molecule has 1 aliphatic rings. The molecule has 9 heteroatoms. The number of hydrogen-bond donors (Lipinski definition) is 1. The van der Waals surface area contributed by atoms with Crippen molar-refractivity contribution in [3.63, 3.8) is 0 Å². The predicted octanol–water partition coefficient (Wildman–Crippen LogP) is 0.580. The first-order chi connectivity index (χ1) is 10.4. The molecule has 0 saturated heterocycles. The van der Waals surface area contributed by atoms with Gasteiger partial charge in [0.1, 0.15) is 13.2 Å². The zero-order valence-electron chi connectivity index (χ0n) is 12.4. The van der Waals surface area contributed by atoms with Gasteiger partial charge in [0.15, 0.2) is 11.5 Å². The van der Waals surface area contributed by atoms with Crippen LogP contribution in [0.5, 0.6) is 11.5 Å². The second kappa shape index (κ2) is 6.73. The van der Waals surface area contributed by atoms with Crippen LogP contribution in [-0.2, 0) is 14.8 Å². The van der Waals surface area contributed by atoms with Gasteiger partial charge in [-0.3, -0.25) is 4.31 Å². The molecule has 1 N–H and O–H groups in total. The number of nitrogens with zero attached hydrogens (tertiary/aromatic N) is 1. The van der Waals surface area contributed by atoms with Gasteiger partial charge in [-0.25, -0.2) is 13.2 Å². The maximum atomic E-state index is 12.0. The Balaban J connectivity index is 2.17. The number of hydrogen-bond acceptors (Lipinski definition) is 6. The second-order valence-electron chi connectivity index (χ2n) is 4.58. The first kappa shape index (κ1) is 16.2. The lowest BCUT2D eigenvalue weighted by Crippen LogP contribution is -2.38. The first-order valence-corrected chi connectivity index (χ1v) is 8.46. The normalized spacial score (nSPS) is 13.4. The van der Waals surface area contributed by atoms with E-state index in [0.717, 1.165) is 6.26 Å². The minimum absolute atomic E-state index is 0.0770. The number of rotatable bonds is 5. The fourth-order valence-corrected chi connectivity index (χ4v) is 2.92. The van der Waals surface area contributed by atoms with Gasteiger partial charge in [-0.15, -0.1) is 0 Å². The molecule has 0 aromatic heterocycles. The lowest BCUT2D eigenvalue weighted by atomic mass is 10.2. The SMILES string of the molecule is COC(=O)NCCN(c1ccc2c(c1)OCCO2)S(C)(=O)=O. The molecule has 122 valence electrons. The Kier molecular flexibility index (Phi) is 4.96. The van der Waals surface area contributed by atoms with E-state index in [0.29, 0.717) is 30.4 Å². The van der Waals surface area contributed by atoms with E-state index in [-0.39, 0.29) is 13.1 Å². The minimum Gasteiger partial charge on any atom is -0.486 e. The van der Waals surface area contributed by atoms with Crippen LogP contribution in [-0.4, -0.2) is 54.2 Å². The number of anilines is 1. The zero-order chi connectivity index (χ0) is 16.2. The van der Waals surface area contributed by atoms with E-state index in [9.17, 15) is 13.2 Å². The molecule has 0 bridgehead atoms. The van der Waals surface area contributed by atoms with Crippen molar-refractivity contribution in [1.29, 1.82) is 0 Å². The molecule has 0 saturated carbocycles. The van der Waals surface area contributed by atoms with E-state index in [4.69, 9.17) is 9.47 Å². The predicted molar refractivity (Wildman–Crippen MR) is 80.0 cm³/mol. The van der Waals surface area contributed by atoms with Crippen molar-refractivity contribution in [1.82, 2.24) is 5.32 Å². The van der Waals surface area contributed by atoms with Crippen molar-refractivity contribution in [3.05, 3.63) is 18.2 Å².